The van der Waals surface area contributed by atoms with Gasteiger partial charge in [-0.2, -0.15) is 0 Å². The summed E-state index contributed by atoms with van der Waals surface area (Å²) in [6.07, 6.45) is 5.09. The molecule has 6 nitrogen and oxygen atoms in total. The molecule has 0 aromatic carbocycles. The van der Waals surface area contributed by atoms with Gasteiger partial charge in [-0.05, 0) is 23.8 Å². The predicted octanol–water partition coefficient (Wildman–Crippen LogP) is 1.97. The lowest BCUT2D eigenvalue weighted by Crippen LogP contribution is -2.34. The monoisotopic (exact) mass is 344 g/mol. The number of hydrogen-bond donors (Lipinski definition) is 1. The van der Waals surface area contributed by atoms with E-state index in [1.165, 1.54) is 6.20 Å². The number of nitrogens with one attached hydrogen (secondary N) is 1. The minimum Gasteiger partial charge on any atom is -0.350 e. The molecule has 124 valence electrons. The van der Waals surface area contributed by atoms with Crippen molar-refractivity contribution in [2.45, 2.75) is 19.0 Å². The van der Waals surface area contributed by atoms with Crippen LogP contribution in [0.3, 0.4) is 0 Å². The van der Waals surface area contributed by atoms with Crippen molar-refractivity contribution in [2.24, 2.45) is 5.92 Å². The molecule has 1 aliphatic rings. The third-order valence-electron chi connectivity index (χ3n) is 4.18. The SMILES string of the molecule is CN1C(=O)C[C@H](C(=O)NCc2ccc(Cl)cn2)[C@H]1c1cccnc1. The smallest absolute Gasteiger partial charge is 0.226 e. The quantitative estimate of drug-likeness (QED) is 0.920. The Morgan fingerprint density at radius 2 is 2.21 bits per heavy atom. The zero-order chi connectivity index (χ0) is 17.1. The highest BCUT2D eigenvalue weighted by Crippen LogP contribution is 2.36. The lowest BCUT2D eigenvalue weighted by molar-refractivity contribution is -0.128. The average Bonchev–Trinajstić information content (AvgIpc) is 2.90. The Bertz CT molecular complexity index is 736. The van der Waals surface area contributed by atoms with Gasteiger partial charge in [0.1, 0.15) is 0 Å². The van der Waals surface area contributed by atoms with Crippen molar-refractivity contribution in [2.75, 3.05) is 7.05 Å². The number of rotatable bonds is 4. The Balaban J connectivity index is 1.72. The van der Waals surface area contributed by atoms with E-state index in [1.807, 2.05) is 6.07 Å². The third-order valence-corrected chi connectivity index (χ3v) is 4.40. The molecule has 0 spiro atoms. The zero-order valence-corrected chi connectivity index (χ0v) is 13.9. The molecule has 0 aliphatic carbocycles. The number of nitrogens with zero attached hydrogens (tertiary/aromatic N) is 3. The second-order valence-corrected chi connectivity index (χ2v) is 6.17. The van der Waals surface area contributed by atoms with E-state index in [4.69, 9.17) is 11.6 Å². The highest BCUT2D eigenvalue weighted by Gasteiger charge is 2.42. The van der Waals surface area contributed by atoms with Gasteiger partial charge in [-0.3, -0.25) is 19.6 Å². The van der Waals surface area contributed by atoms with Crippen molar-refractivity contribution in [1.29, 1.82) is 0 Å². The number of halogens is 1. The molecule has 1 aliphatic heterocycles. The van der Waals surface area contributed by atoms with Gasteiger partial charge in [-0.15, -0.1) is 0 Å². The zero-order valence-electron chi connectivity index (χ0n) is 13.1. The summed E-state index contributed by atoms with van der Waals surface area (Å²) in [6.45, 7) is 0.296. The van der Waals surface area contributed by atoms with Gasteiger partial charge in [-0.25, -0.2) is 0 Å². The van der Waals surface area contributed by atoms with Gasteiger partial charge in [0, 0.05) is 32.1 Å². The fourth-order valence-electron chi connectivity index (χ4n) is 2.93. The fraction of sp³-hybridized carbons (Fsp3) is 0.294. The Kier molecular flexibility index (Phi) is 4.76. The first kappa shape index (κ1) is 16.4. The minimum absolute atomic E-state index is 0.0476. The highest BCUT2D eigenvalue weighted by atomic mass is 35.5. The molecule has 24 heavy (non-hydrogen) atoms. The van der Waals surface area contributed by atoms with Gasteiger partial charge in [0.15, 0.2) is 0 Å². The number of likely N-dealkylation sites (tertiary alicyclic amines) is 1. The topological polar surface area (TPSA) is 75.2 Å². The van der Waals surface area contributed by atoms with Gasteiger partial charge in [0.25, 0.3) is 0 Å². The van der Waals surface area contributed by atoms with E-state index in [1.54, 1.807) is 42.5 Å². The second kappa shape index (κ2) is 6.97. The first-order valence-corrected chi connectivity index (χ1v) is 7.98. The molecule has 1 fully saturated rings. The van der Waals surface area contributed by atoms with Crippen LogP contribution in [-0.4, -0.2) is 33.7 Å². The van der Waals surface area contributed by atoms with Crippen molar-refractivity contribution in [3.63, 3.8) is 0 Å². The lowest BCUT2D eigenvalue weighted by Gasteiger charge is -2.24. The molecule has 0 radical (unpaired) electrons. The normalized spacial score (nSPS) is 20.2. The highest BCUT2D eigenvalue weighted by molar-refractivity contribution is 6.30. The van der Waals surface area contributed by atoms with E-state index in [9.17, 15) is 9.59 Å². The maximum Gasteiger partial charge on any atom is 0.226 e. The van der Waals surface area contributed by atoms with Gasteiger partial charge in [0.05, 0.1) is 29.2 Å². The van der Waals surface area contributed by atoms with Gasteiger partial charge in [0.2, 0.25) is 11.8 Å². The summed E-state index contributed by atoms with van der Waals surface area (Å²) in [5.74, 6) is -0.661. The molecule has 1 saturated heterocycles. The van der Waals surface area contributed by atoms with E-state index in [0.717, 1.165) is 5.56 Å². The van der Waals surface area contributed by atoms with Crippen LogP contribution < -0.4 is 5.32 Å². The second-order valence-electron chi connectivity index (χ2n) is 5.73. The Morgan fingerprint density at radius 3 is 2.88 bits per heavy atom. The number of pyridine rings is 2. The number of aromatic nitrogens is 2. The summed E-state index contributed by atoms with van der Waals surface area (Å²) in [7, 11) is 1.72. The standard InChI is InChI=1S/C17H17ClN4O2/c1-22-15(23)7-14(16(22)11-3-2-6-19-8-11)17(24)21-10-13-5-4-12(18)9-20-13/h2-6,8-9,14,16H,7,10H2,1H3,(H,21,24)/t14-,16+/m0/s1. The van der Waals surface area contributed by atoms with Crippen LogP contribution in [0.25, 0.3) is 0 Å². The van der Waals surface area contributed by atoms with Gasteiger partial charge in [-0.1, -0.05) is 17.7 Å². The number of carbonyl (C=O) groups is 2. The van der Waals surface area contributed by atoms with Crippen LogP contribution in [0.4, 0.5) is 0 Å². The van der Waals surface area contributed by atoms with Crippen LogP contribution in [0.15, 0.2) is 42.9 Å². The molecule has 2 atom stereocenters. The Morgan fingerprint density at radius 1 is 1.38 bits per heavy atom. The molecule has 3 rings (SSSR count). The van der Waals surface area contributed by atoms with Crippen molar-refractivity contribution in [3.05, 3.63) is 59.1 Å². The van der Waals surface area contributed by atoms with Crippen molar-refractivity contribution < 1.29 is 9.59 Å². The van der Waals surface area contributed by atoms with E-state index in [-0.39, 0.29) is 24.3 Å². The van der Waals surface area contributed by atoms with Crippen molar-refractivity contribution >= 4 is 23.4 Å². The predicted molar refractivity (Wildman–Crippen MR) is 88.9 cm³/mol. The molecule has 2 aromatic rings. The average molecular weight is 345 g/mol. The van der Waals surface area contributed by atoms with E-state index >= 15 is 0 Å². The maximum absolute atomic E-state index is 12.6. The molecule has 2 amide bonds. The molecule has 0 bridgehead atoms. The van der Waals surface area contributed by atoms with Crippen LogP contribution >= 0.6 is 11.6 Å². The number of amides is 2. The molecule has 2 aromatic heterocycles. The number of hydrogen-bond acceptors (Lipinski definition) is 4. The van der Waals surface area contributed by atoms with Crippen LogP contribution in [-0.2, 0) is 16.1 Å². The summed E-state index contributed by atoms with van der Waals surface area (Å²) in [4.78, 5) is 34.5. The Labute approximate surface area is 144 Å². The first-order chi connectivity index (χ1) is 11.6. The van der Waals surface area contributed by atoms with E-state index < -0.39 is 5.92 Å². The van der Waals surface area contributed by atoms with Crippen LogP contribution in [0, 0.1) is 5.92 Å². The molecule has 0 saturated carbocycles. The lowest BCUT2D eigenvalue weighted by atomic mass is 9.94. The third kappa shape index (κ3) is 3.38. The van der Waals surface area contributed by atoms with Crippen LogP contribution in [0.5, 0.6) is 0 Å². The van der Waals surface area contributed by atoms with Crippen molar-refractivity contribution in [1.82, 2.24) is 20.2 Å². The summed E-state index contributed by atoms with van der Waals surface area (Å²) in [5.41, 5.74) is 1.57. The largest absolute Gasteiger partial charge is 0.350 e. The first-order valence-electron chi connectivity index (χ1n) is 7.60. The van der Waals surface area contributed by atoms with Crippen LogP contribution in [0.1, 0.15) is 23.7 Å². The number of carbonyl (C=O) groups excluding carboxylic acids is 2. The Hall–Kier alpha value is -2.47. The molecule has 0 unspecified atom stereocenters. The fourth-order valence-corrected chi connectivity index (χ4v) is 3.04. The molecular weight excluding hydrogens is 328 g/mol. The van der Waals surface area contributed by atoms with Gasteiger partial charge >= 0.3 is 0 Å². The summed E-state index contributed by atoms with van der Waals surface area (Å²) in [5, 5.41) is 3.40. The van der Waals surface area contributed by atoms with E-state index in [0.29, 0.717) is 17.3 Å². The van der Waals surface area contributed by atoms with Crippen LogP contribution in [0.2, 0.25) is 5.02 Å². The summed E-state index contributed by atoms with van der Waals surface area (Å²) >= 11 is 5.80. The summed E-state index contributed by atoms with van der Waals surface area (Å²) in [6, 6.07) is 6.87. The molecule has 3 heterocycles. The molecule has 7 heteroatoms. The molecular formula is C17H17ClN4O2. The van der Waals surface area contributed by atoms with Crippen molar-refractivity contribution in [3.8, 4) is 0 Å². The molecule has 1 N–H and O–H groups in total. The van der Waals surface area contributed by atoms with E-state index in [2.05, 4.69) is 15.3 Å². The van der Waals surface area contributed by atoms with Gasteiger partial charge < -0.3 is 10.2 Å². The maximum atomic E-state index is 12.6. The summed E-state index contributed by atoms with van der Waals surface area (Å²) < 4.78 is 0. The minimum atomic E-state index is -0.445.